The highest BCUT2D eigenvalue weighted by Crippen LogP contribution is 2.30. The first kappa shape index (κ1) is 25.3. The molecule has 0 unspecified atom stereocenters. The van der Waals surface area contributed by atoms with Gasteiger partial charge < -0.3 is 15.5 Å². The molecule has 2 N–H and O–H groups in total. The molecule has 1 heterocycles. The van der Waals surface area contributed by atoms with Crippen LogP contribution < -0.4 is 15.5 Å². The third kappa shape index (κ3) is 5.78. The van der Waals surface area contributed by atoms with Crippen LogP contribution in [0.4, 0.5) is 11.4 Å². The van der Waals surface area contributed by atoms with E-state index in [9.17, 15) is 9.59 Å². The first-order valence-electron chi connectivity index (χ1n) is 13.2. The number of amides is 2. The van der Waals surface area contributed by atoms with Crippen molar-refractivity contribution in [2.45, 2.75) is 26.8 Å². The van der Waals surface area contributed by atoms with Crippen LogP contribution in [0.1, 0.15) is 45.7 Å². The third-order valence-electron chi connectivity index (χ3n) is 6.90. The average molecular weight is 504 g/mol. The smallest absolute Gasteiger partial charge is 0.255 e. The van der Waals surface area contributed by atoms with Gasteiger partial charge in [0.1, 0.15) is 0 Å². The fourth-order valence-corrected chi connectivity index (χ4v) is 4.81. The van der Waals surface area contributed by atoms with Gasteiger partial charge in [-0.15, -0.1) is 0 Å². The van der Waals surface area contributed by atoms with E-state index in [0.717, 1.165) is 36.3 Å². The standard InChI is InChI=1S/C33H33N3O2/c1-23(2)21-34-33(38)30-20-29(16-17-31(30)36-19-18-25-10-6-7-11-28(25)22-36)35-32(37)27-14-12-26(13-15-27)24-8-4-3-5-9-24/h3-17,20,23H,18-19,21-22H2,1-2H3,(H,34,38)(H,35,37). The third-order valence-corrected chi connectivity index (χ3v) is 6.90. The van der Waals surface area contributed by atoms with Gasteiger partial charge in [-0.2, -0.15) is 0 Å². The zero-order valence-corrected chi connectivity index (χ0v) is 21.9. The molecular weight excluding hydrogens is 470 g/mol. The molecule has 0 saturated carbocycles. The number of carbonyl (C=O) groups excluding carboxylic acids is 2. The van der Waals surface area contributed by atoms with Crippen molar-refractivity contribution in [2.75, 3.05) is 23.3 Å². The number of nitrogens with zero attached hydrogens (tertiary/aromatic N) is 1. The lowest BCUT2D eigenvalue weighted by Gasteiger charge is -2.32. The van der Waals surface area contributed by atoms with Gasteiger partial charge in [0.15, 0.2) is 0 Å². The van der Waals surface area contributed by atoms with Gasteiger partial charge in [0.25, 0.3) is 11.8 Å². The molecule has 192 valence electrons. The summed E-state index contributed by atoms with van der Waals surface area (Å²) in [6.45, 7) is 6.32. The molecule has 5 heteroatoms. The van der Waals surface area contributed by atoms with Crippen LogP contribution in [0.3, 0.4) is 0 Å². The highest BCUT2D eigenvalue weighted by atomic mass is 16.2. The maximum Gasteiger partial charge on any atom is 0.255 e. The van der Waals surface area contributed by atoms with E-state index in [0.29, 0.717) is 29.3 Å². The number of hydrogen-bond donors (Lipinski definition) is 2. The Kier molecular flexibility index (Phi) is 7.55. The summed E-state index contributed by atoms with van der Waals surface area (Å²) in [5.74, 6) is -0.000298. The van der Waals surface area contributed by atoms with Crippen LogP contribution in [-0.4, -0.2) is 24.9 Å². The molecular formula is C33H33N3O2. The Labute approximate surface area is 224 Å². The molecule has 5 nitrogen and oxygen atoms in total. The molecule has 1 aliphatic heterocycles. The molecule has 0 radical (unpaired) electrons. The fraction of sp³-hybridized carbons (Fsp3) is 0.212. The molecule has 5 rings (SSSR count). The van der Waals surface area contributed by atoms with Crippen molar-refractivity contribution in [3.63, 3.8) is 0 Å². The number of hydrogen-bond acceptors (Lipinski definition) is 3. The number of anilines is 2. The second kappa shape index (κ2) is 11.3. The zero-order chi connectivity index (χ0) is 26.5. The van der Waals surface area contributed by atoms with Crippen molar-refractivity contribution >= 4 is 23.2 Å². The summed E-state index contributed by atoms with van der Waals surface area (Å²) in [6.07, 6.45) is 0.931. The summed E-state index contributed by atoms with van der Waals surface area (Å²) in [4.78, 5) is 28.6. The Hall–Kier alpha value is -4.38. The lowest BCUT2D eigenvalue weighted by molar-refractivity contribution is 0.0948. The van der Waals surface area contributed by atoms with E-state index in [4.69, 9.17) is 0 Å². The Morgan fingerprint density at radius 3 is 2.21 bits per heavy atom. The van der Waals surface area contributed by atoms with Crippen LogP contribution >= 0.6 is 0 Å². The minimum atomic E-state index is -0.210. The molecule has 4 aromatic rings. The summed E-state index contributed by atoms with van der Waals surface area (Å²) < 4.78 is 0. The molecule has 0 saturated heterocycles. The Morgan fingerprint density at radius 1 is 0.789 bits per heavy atom. The Bertz CT molecular complexity index is 1430. The highest BCUT2D eigenvalue weighted by Gasteiger charge is 2.22. The minimum Gasteiger partial charge on any atom is -0.366 e. The molecule has 0 spiro atoms. The van der Waals surface area contributed by atoms with Gasteiger partial charge in [-0.25, -0.2) is 0 Å². The first-order chi connectivity index (χ1) is 18.5. The van der Waals surface area contributed by atoms with Crippen LogP contribution in [0.5, 0.6) is 0 Å². The van der Waals surface area contributed by atoms with E-state index < -0.39 is 0 Å². The van der Waals surface area contributed by atoms with E-state index in [1.54, 1.807) is 6.07 Å². The van der Waals surface area contributed by atoms with Gasteiger partial charge in [-0.3, -0.25) is 9.59 Å². The number of rotatable bonds is 7. The molecule has 0 bridgehead atoms. The first-order valence-corrected chi connectivity index (χ1v) is 13.2. The quantitative estimate of drug-likeness (QED) is 0.300. The van der Waals surface area contributed by atoms with E-state index in [1.165, 1.54) is 11.1 Å². The van der Waals surface area contributed by atoms with Crippen molar-refractivity contribution in [1.82, 2.24) is 5.32 Å². The highest BCUT2D eigenvalue weighted by molar-refractivity contribution is 6.06. The lowest BCUT2D eigenvalue weighted by atomic mass is 9.98. The molecule has 4 aromatic carbocycles. The summed E-state index contributed by atoms with van der Waals surface area (Å²) >= 11 is 0. The second-order valence-corrected chi connectivity index (χ2v) is 10.2. The van der Waals surface area contributed by atoms with Crippen LogP contribution in [0.2, 0.25) is 0 Å². The van der Waals surface area contributed by atoms with E-state index in [1.807, 2.05) is 66.7 Å². The lowest BCUT2D eigenvalue weighted by Crippen LogP contribution is -2.34. The van der Waals surface area contributed by atoms with Gasteiger partial charge in [0, 0.05) is 36.6 Å². The maximum atomic E-state index is 13.3. The second-order valence-electron chi connectivity index (χ2n) is 10.2. The topological polar surface area (TPSA) is 61.4 Å². The summed E-state index contributed by atoms with van der Waals surface area (Å²) in [7, 11) is 0. The SMILES string of the molecule is CC(C)CNC(=O)c1cc(NC(=O)c2ccc(-c3ccccc3)cc2)ccc1N1CCc2ccccc2C1. The van der Waals surface area contributed by atoms with Crippen molar-refractivity contribution in [1.29, 1.82) is 0 Å². The monoisotopic (exact) mass is 503 g/mol. The average Bonchev–Trinajstić information content (AvgIpc) is 2.96. The van der Waals surface area contributed by atoms with Crippen molar-refractivity contribution in [3.8, 4) is 11.1 Å². The number of fused-ring (bicyclic) bond motifs is 1. The molecule has 2 amide bonds. The molecule has 1 aliphatic rings. The number of nitrogens with one attached hydrogen (secondary N) is 2. The van der Waals surface area contributed by atoms with E-state index >= 15 is 0 Å². The fourth-order valence-electron chi connectivity index (χ4n) is 4.81. The molecule has 0 fully saturated rings. The van der Waals surface area contributed by atoms with Crippen LogP contribution in [0, 0.1) is 5.92 Å². The zero-order valence-electron chi connectivity index (χ0n) is 21.9. The van der Waals surface area contributed by atoms with Crippen LogP contribution in [0.25, 0.3) is 11.1 Å². The Morgan fingerprint density at radius 2 is 1.47 bits per heavy atom. The maximum absolute atomic E-state index is 13.3. The van der Waals surface area contributed by atoms with Gasteiger partial charge in [0.05, 0.1) is 5.56 Å². The van der Waals surface area contributed by atoms with E-state index in [-0.39, 0.29) is 11.8 Å². The van der Waals surface area contributed by atoms with Crippen molar-refractivity contribution < 1.29 is 9.59 Å². The van der Waals surface area contributed by atoms with Crippen LogP contribution in [0.15, 0.2) is 97.1 Å². The number of carbonyl (C=O) groups is 2. The summed E-state index contributed by atoms with van der Waals surface area (Å²) in [6, 6.07) is 31.7. The molecule has 38 heavy (non-hydrogen) atoms. The van der Waals surface area contributed by atoms with Gasteiger partial charge in [0.2, 0.25) is 0 Å². The minimum absolute atomic E-state index is 0.129. The summed E-state index contributed by atoms with van der Waals surface area (Å²) in [5, 5.41) is 6.04. The predicted octanol–water partition coefficient (Wildman–Crippen LogP) is 6.55. The Balaban J connectivity index is 1.37. The normalized spacial score (nSPS) is 12.7. The molecule has 0 atom stereocenters. The number of benzene rings is 4. The summed E-state index contributed by atoms with van der Waals surface area (Å²) in [5.41, 5.74) is 7.41. The van der Waals surface area contributed by atoms with Gasteiger partial charge in [-0.05, 0) is 64.9 Å². The van der Waals surface area contributed by atoms with Gasteiger partial charge >= 0.3 is 0 Å². The van der Waals surface area contributed by atoms with Crippen molar-refractivity contribution in [3.05, 3.63) is 119 Å². The van der Waals surface area contributed by atoms with Crippen LogP contribution in [-0.2, 0) is 13.0 Å². The largest absolute Gasteiger partial charge is 0.366 e. The molecule has 0 aromatic heterocycles. The van der Waals surface area contributed by atoms with E-state index in [2.05, 4.69) is 53.6 Å². The van der Waals surface area contributed by atoms with Crippen molar-refractivity contribution in [2.24, 2.45) is 5.92 Å². The molecule has 0 aliphatic carbocycles. The van der Waals surface area contributed by atoms with Gasteiger partial charge in [-0.1, -0.05) is 80.6 Å². The predicted molar refractivity (Wildman–Crippen MR) is 155 cm³/mol.